The van der Waals surface area contributed by atoms with Crippen LogP contribution in [0.3, 0.4) is 0 Å². The zero-order valence-electron chi connectivity index (χ0n) is 12.4. The smallest absolute Gasteiger partial charge is 0.134 e. The number of aryl methyl sites for hydroxylation is 3. The van der Waals surface area contributed by atoms with Crippen LogP contribution < -0.4 is 0 Å². The first-order chi connectivity index (χ1) is 8.61. The van der Waals surface area contributed by atoms with Crippen LogP contribution in [0.15, 0.2) is 12.4 Å². The van der Waals surface area contributed by atoms with Crippen LogP contribution in [-0.2, 0) is 0 Å². The summed E-state index contributed by atoms with van der Waals surface area (Å²) < 4.78 is 13.6. The van der Waals surface area contributed by atoms with Gasteiger partial charge in [-0.15, -0.1) is 0 Å². The molecule has 0 atom stereocenters. The first kappa shape index (κ1) is 16.5. The van der Waals surface area contributed by atoms with Crippen LogP contribution in [0.2, 0.25) is 0 Å². The molecule has 0 spiro atoms. The Morgan fingerprint density at radius 2 is 1.50 bits per heavy atom. The molecule has 0 amide bonds. The monoisotopic (exact) mass is 250 g/mol. The molecule has 2 aromatic rings. The normalized spacial score (nSPS) is 9.11. The topological polar surface area (TPSA) is 25.8 Å². The Morgan fingerprint density at radius 3 is 2.06 bits per heavy atom. The van der Waals surface area contributed by atoms with Crippen LogP contribution in [0, 0.1) is 26.6 Å². The van der Waals surface area contributed by atoms with E-state index in [-0.39, 0.29) is 5.82 Å². The highest BCUT2D eigenvalue weighted by Gasteiger charge is 2.10. The summed E-state index contributed by atoms with van der Waals surface area (Å²) in [6.07, 6.45) is 1.48. The highest BCUT2D eigenvalue weighted by Crippen LogP contribution is 2.23. The second kappa shape index (κ2) is 7.75. The van der Waals surface area contributed by atoms with Gasteiger partial charge in [-0.3, -0.25) is 0 Å². The maximum absolute atomic E-state index is 13.6. The molecule has 1 aromatic heterocycles. The van der Waals surface area contributed by atoms with Crippen molar-refractivity contribution in [3.63, 3.8) is 0 Å². The summed E-state index contributed by atoms with van der Waals surface area (Å²) in [5.41, 5.74) is 3.35. The van der Waals surface area contributed by atoms with Gasteiger partial charge >= 0.3 is 0 Å². The molecule has 0 N–H and O–H groups in total. The van der Waals surface area contributed by atoms with Gasteiger partial charge in [-0.1, -0.05) is 27.7 Å². The van der Waals surface area contributed by atoms with Gasteiger partial charge in [-0.05, 0) is 38.0 Å². The first-order valence-corrected chi connectivity index (χ1v) is 6.48. The number of hydrogen-bond donors (Lipinski definition) is 0. The maximum Gasteiger partial charge on any atom is 0.134 e. The number of fused-ring (bicyclic) bond motifs is 1. The van der Waals surface area contributed by atoms with Gasteiger partial charge in [-0.25, -0.2) is 14.4 Å². The van der Waals surface area contributed by atoms with E-state index in [4.69, 9.17) is 0 Å². The number of rotatable bonds is 0. The van der Waals surface area contributed by atoms with E-state index in [0.29, 0.717) is 11.1 Å². The van der Waals surface area contributed by atoms with E-state index in [9.17, 15) is 4.39 Å². The van der Waals surface area contributed by atoms with Crippen molar-refractivity contribution in [2.45, 2.75) is 48.5 Å². The summed E-state index contributed by atoms with van der Waals surface area (Å²) in [4.78, 5) is 8.10. The van der Waals surface area contributed by atoms with Crippen LogP contribution in [0.4, 0.5) is 4.39 Å². The lowest BCUT2D eigenvalue weighted by molar-refractivity contribution is 0.636. The van der Waals surface area contributed by atoms with E-state index in [1.165, 1.54) is 12.4 Å². The summed E-state index contributed by atoms with van der Waals surface area (Å²) in [6.45, 7) is 13.6. The summed E-state index contributed by atoms with van der Waals surface area (Å²) in [5.74, 6) is -0.235. The molecule has 18 heavy (non-hydrogen) atoms. The van der Waals surface area contributed by atoms with Crippen molar-refractivity contribution < 1.29 is 4.39 Å². The van der Waals surface area contributed by atoms with Crippen molar-refractivity contribution >= 4 is 10.9 Å². The van der Waals surface area contributed by atoms with Gasteiger partial charge in [0, 0.05) is 0 Å². The lowest BCUT2D eigenvalue weighted by Crippen LogP contribution is -1.95. The van der Waals surface area contributed by atoms with Gasteiger partial charge in [-0.2, -0.15) is 0 Å². The average molecular weight is 250 g/mol. The number of halogens is 1. The molecule has 0 aliphatic carbocycles. The minimum atomic E-state index is -0.235. The van der Waals surface area contributed by atoms with Crippen molar-refractivity contribution in [2.24, 2.45) is 0 Å². The summed E-state index contributed by atoms with van der Waals surface area (Å²) in [7, 11) is 0. The van der Waals surface area contributed by atoms with Crippen LogP contribution in [0.25, 0.3) is 10.9 Å². The molecule has 3 heteroatoms. The predicted molar refractivity (Wildman–Crippen MR) is 76.4 cm³/mol. The van der Waals surface area contributed by atoms with Crippen molar-refractivity contribution in [3.8, 4) is 0 Å². The fourth-order valence-electron chi connectivity index (χ4n) is 1.60. The van der Waals surface area contributed by atoms with Gasteiger partial charge in [0.15, 0.2) is 0 Å². The molecule has 0 saturated heterocycles. The van der Waals surface area contributed by atoms with E-state index >= 15 is 0 Å². The third kappa shape index (κ3) is 3.25. The van der Waals surface area contributed by atoms with Gasteiger partial charge < -0.3 is 0 Å². The zero-order chi connectivity index (χ0) is 14.3. The van der Waals surface area contributed by atoms with Crippen LogP contribution in [0.1, 0.15) is 44.5 Å². The van der Waals surface area contributed by atoms with Gasteiger partial charge in [0.05, 0.1) is 16.6 Å². The molecular weight excluding hydrogens is 227 g/mol. The molecule has 0 fully saturated rings. The molecule has 0 radical (unpaired) electrons. The molecule has 1 aromatic carbocycles. The number of aromatic nitrogens is 2. The Morgan fingerprint density at radius 1 is 0.944 bits per heavy atom. The summed E-state index contributed by atoms with van der Waals surface area (Å²) in [6, 6.07) is 1.54. The molecule has 0 aliphatic heterocycles. The van der Waals surface area contributed by atoms with Gasteiger partial charge in [0.2, 0.25) is 0 Å². The summed E-state index contributed by atoms with van der Waals surface area (Å²) >= 11 is 0. The molecule has 1 heterocycles. The molecule has 0 bridgehead atoms. The molecule has 0 saturated carbocycles. The third-order valence-electron chi connectivity index (χ3n) is 2.57. The average Bonchev–Trinajstić information content (AvgIpc) is 2.40. The van der Waals surface area contributed by atoms with Crippen molar-refractivity contribution in [3.05, 3.63) is 35.0 Å². The Labute approximate surface area is 109 Å². The van der Waals surface area contributed by atoms with E-state index in [1.54, 1.807) is 6.92 Å². The minimum Gasteiger partial charge on any atom is -0.241 e. The standard InChI is InChI=1S/C11H11FN2.2C2H6/c1-6-4-9(12)10-8(3)13-5-14-11(10)7(6)2;2*1-2/h4-5H,1-3H3;2*1-2H3. The molecule has 2 rings (SSSR count). The predicted octanol–water partition coefficient (Wildman–Crippen LogP) is 4.75. The lowest BCUT2D eigenvalue weighted by Gasteiger charge is -2.07. The van der Waals surface area contributed by atoms with Crippen molar-refractivity contribution in [1.82, 2.24) is 9.97 Å². The van der Waals surface area contributed by atoms with Crippen molar-refractivity contribution in [1.29, 1.82) is 0 Å². The van der Waals surface area contributed by atoms with E-state index in [2.05, 4.69) is 9.97 Å². The van der Waals surface area contributed by atoms with Crippen LogP contribution in [-0.4, -0.2) is 9.97 Å². The SMILES string of the molecule is CC.CC.Cc1cc(F)c2c(C)ncnc2c1C. The van der Waals surface area contributed by atoms with Gasteiger partial charge in [0.1, 0.15) is 12.1 Å². The maximum atomic E-state index is 13.6. The van der Waals surface area contributed by atoms with E-state index in [0.717, 1.165) is 16.6 Å². The molecule has 0 aliphatic rings. The molecular formula is C15H23FN2. The van der Waals surface area contributed by atoms with E-state index < -0.39 is 0 Å². The zero-order valence-corrected chi connectivity index (χ0v) is 12.4. The third-order valence-corrected chi connectivity index (χ3v) is 2.57. The number of hydrogen-bond acceptors (Lipinski definition) is 2. The Hall–Kier alpha value is -1.51. The number of nitrogens with zero attached hydrogens (tertiary/aromatic N) is 2. The minimum absolute atomic E-state index is 0.235. The van der Waals surface area contributed by atoms with Gasteiger partial charge in [0.25, 0.3) is 0 Å². The molecule has 2 nitrogen and oxygen atoms in total. The summed E-state index contributed by atoms with van der Waals surface area (Å²) in [5, 5.41) is 0.538. The molecule has 0 unspecified atom stereocenters. The Kier molecular flexibility index (Phi) is 7.10. The fraction of sp³-hybridized carbons (Fsp3) is 0.467. The molecule has 100 valence electrons. The second-order valence-electron chi connectivity index (χ2n) is 3.48. The lowest BCUT2D eigenvalue weighted by atomic mass is 10.0. The van der Waals surface area contributed by atoms with Crippen molar-refractivity contribution in [2.75, 3.05) is 0 Å². The Bertz CT molecular complexity index is 507. The van der Waals surface area contributed by atoms with Crippen LogP contribution in [0.5, 0.6) is 0 Å². The number of benzene rings is 1. The fourth-order valence-corrected chi connectivity index (χ4v) is 1.60. The van der Waals surface area contributed by atoms with E-state index in [1.807, 2.05) is 41.5 Å². The largest absolute Gasteiger partial charge is 0.241 e. The quantitative estimate of drug-likeness (QED) is 0.674. The van der Waals surface area contributed by atoms with Crippen LogP contribution >= 0.6 is 0 Å². The second-order valence-corrected chi connectivity index (χ2v) is 3.48. The Balaban J connectivity index is 0.000000659. The highest BCUT2D eigenvalue weighted by molar-refractivity contribution is 5.85. The highest BCUT2D eigenvalue weighted by atomic mass is 19.1. The first-order valence-electron chi connectivity index (χ1n) is 6.48.